The molecule has 10 heteroatoms. The van der Waals surface area contributed by atoms with E-state index in [-0.39, 0.29) is 26.4 Å². The summed E-state index contributed by atoms with van der Waals surface area (Å²) in [7, 11) is -5.58. The van der Waals surface area contributed by atoms with Gasteiger partial charge >= 0.3 is 19.5 Å². The van der Waals surface area contributed by atoms with Gasteiger partial charge in [-0.25, -0.2) is 0 Å². The van der Waals surface area contributed by atoms with Crippen LogP contribution in [0.2, 0.25) is 0 Å². The molecule has 23 heavy (non-hydrogen) atoms. The van der Waals surface area contributed by atoms with E-state index in [9.17, 15) is 18.4 Å². The molecule has 0 radical (unpaired) electrons. The minimum absolute atomic E-state index is 0.0734. The Hall–Kier alpha value is -0.760. The van der Waals surface area contributed by atoms with Crippen molar-refractivity contribution in [2.24, 2.45) is 0 Å². The van der Waals surface area contributed by atoms with Gasteiger partial charge in [0.25, 0.3) is 0 Å². The number of carbonyl (C=O) groups is 2. The molecule has 0 aromatic rings. The van der Waals surface area contributed by atoms with Crippen LogP contribution in [0.25, 0.3) is 0 Å². The monoisotopic (exact) mass is 372 g/mol. The third kappa shape index (κ3) is 8.60. The second-order valence-corrected chi connectivity index (χ2v) is 8.31. The van der Waals surface area contributed by atoms with Gasteiger partial charge < -0.3 is 18.5 Å². The van der Waals surface area contributed by atoms with Gasteiger partial charge in [-0.05, 0) is 27.7 Å². The molecule has 8 nitrogen and oxygen atoms in total. The highest BCUT2D eigenvalue weighted by molar-refractivity contribution is 7.93. The second-order valence-electron chi connectivity index (χ2n) is 4.21. The summed E-state index contributed by atoms with van der Waals surface area (Å²) in [5.74, 6) is -1.49. The molecule has 0 aliphatic carbocycles. The molecule has 0 fully saturated rings. The van der Waals surface area contributed by atoms with Crippen LogP contribution < -0.4 is 0 Å². The van der Waals surface area contributed by atoms with Crippen molar-refractivity contribution in [1.82, 2.24) is 0 Å². The van der Waals surface area contributed by atoms with Crippen LogP contribution in [0.4, 0.5) is 0 Å². The van der Waals surface area contributed by atoms with Gasteiger partial charge in [0.15, 0.2) is 0 Å². The first kappa shape index (κ1) is 22.2. The molecule has 0 N–H and O–H groups in total. The molecule has 0 rings (SSSR count). The summed E-state index contributed by atoms with van der Waals surface area (Å²) in [6.07, 6.45) is -0.419. The lowest BCUT2D eigenvalue weighted by Crippen LogP contribution is -2.33. The predicted octanol–water partition coefficient (Wildman–Crippen LogP) is 1.84. The molecule has 0 unspecified atom stereocenters. The van der Waals surface area contributed by atoms with Crippen molar-refractivity contribution in [3.05, 3.63) is 0 Å². The zero-order chi connectivity index (χ0) is 17.9. The Morgan fingerprint density at radius 1 is 0.957 bits per heavy atom. The molecule has 0 aromatic heterocycles. The van der Waals surface area contributed by atoms with Gasteiger partial charge in [-0.1, -0.05) is 0 Å². The smallest absolute Gasteiger partial charge is 0.343 e. The summed E-state index contributed by atoms with van der Waals surface area (Å²) >= 11 is 0. The first-order chi connectivity index (χ1) is 10.8. The van der Waals surface area contributed by atoms with Crippen molar-refractivity contribution in [2.45, 2.75) is 39.4 Å². The van der Waals surface area contributed by atoms with Crippen LogP contribution in [-0.4, -0.2) is 53.3 Å². The highest BCUT2D eigenvalue weighted by Gasteiger charge is 2.36. The van der Waals surface area contributed by atoms with E-state index < -0.39 is 47.5 Å². The molecule has 136 valence electrons. The first-order valence-electron chi connectivity index (χ1n) is 7.41. The summed E-state index contributed by atoms with van der Waals surface area (Å²) in [5.41, 5.74) is -0.489. The number of hydrogen-bond donors (Lipinski definition) is 0. The van der Waals surface area contributed by atoms with E-state index in [1.165, 1.54) is 0 Å². The average Bonchev–Trinajstić information content (AvgIpc) is 2.45. The Kier molecular flexibility index (Phi) is 11.3. The van der Waals surface area contributed by atoms with E-state index in [1.54, 1.807) is 27.7 Å². The third-order valence-electron chi connectivity index (χ3n) is 2.46. The topological polar surface area (TPSA) is 105 Å². The minimum Gasteiger partial charge on any atom is -0.466 e. The predicted molar refractivity (Wildman–Crippen MR) is 85.5 cm³/mol. The van der Waals surface area contributed by atoms with Gasteiger partial charge in [0.05, 0.1) is 32.8 Å². The SMILES string of the molecule is CCOC(=O)C[C@@H](C(=O)OCC)[S@](=O)CP(=O)(OCC)OCC. The van der Waals surface area contributed by atoms with Gasteiger partial charge in [-0.2, -0.15) is 0 Å². The number of carbonyl (C=O) groups excluding carboxylic acids is 2. The number of hydrogen-bond acceptors (Lipinski definition) is 8. The summed E-state index contributed by atoms with van der Waals surface area (Å²) in [6.45, 7) is 6.88. The van der Waals surface area contributed by atoms with Crippen LogP contribution in [0.15, 0.2) is 0 Å². The average molecular weight is 372 g/mol. The van der Waals surface area contributed by atoms with E-state index >= 15 is 0 Å². The highest BCUT2D eigenvalue weighted by Crippen LogP contribution is 2.49. The maximum atomic E-state index is 12.4. The summed E-state index contributed by atoms with van der Waals surface area (Å²) in [5, 5.41) is -1.27. The Morgan fingerprint density at radius 2 is 1.48 bits per heavy atom. The first-order valence-corrected chi connectivity index (χ1v) is 10.5. The normalized spacial score (nSPS) is 14.1. The third-order valence-corrected chi connectivity index (χ3v) is 7.04. The molecule has 0 aliphatic rings. The van der Waals surface area contributed by atoms with E-state index in [4.69, 9.17) is 18.5 Å². The van der Waals surface area contributed by atoms with Crippen LogP contribution in [0.1, 0.15) is 34.1 Å². The fourth-order valence-corrected chi connectivity index (χ4v) is 5.67. The van der Waals surface area contributed by atoms with E-state index in [0.717, 1.165) is 0 Å². The van der Waals surface area contributed by atoms with Crippen molar-refractivity contribution < 1.29 is 36.9 Å². The van der Waals surface area contributed by atoms with Crippen LogP contribution in [-0.2, 0) is 43.5 Å². The minimum atomic E-state index is -3.61. The lowest BCUT2D eigenvalue weighted by Gasteiger charge is -2.19. The van der Waals surface area contributed by atoms with E-state index in [0.29, 0.717) is 0 Å². The second kappa shape index (κ2) is 11.7. The fraction of sp³-hybridized carbons (Fsp3) is 0.846. The van der Waals surface area contributed by atoms with Gasteiger partial charge in [0.2, 0.25) is 0 Å². The highest BCUT2D eigenvalue weighted by atomic mass is 32.2. The van der Waals surface area contributed by atoms with E-state index in [2.05, 4.69) is 0 Å². The van der Waals surface area contributed by atoms with Gasteiger partial charge in [-0.3, -0.25) is 18.4 Å². The Labute approximate surface area is 139 Å². The molecule has 0 saturated carbocycles. The zero-order valence-corrected chi connectivity index (χ0v) is 15.7. The standard InChI is InChI=1S/C13H25O8PS/c1-5-18-12(14)9-11(13(15)19-6-2)23(17)10-22(16,20-7-3)21-8-4/h11H,5-10H2,1-4H3/t11-,23+/m0/s1. The van der Waals surface area contributed by atoms with Crippen LogP contribution in [0, 0.1) is 0 Å². The number of esters is 2. The van der Waals surface area contributed by atoms with Crippen LogP contribution in [0.3, 0.4) is 0 Å². The maximum absolute atomic E-state index is 12.4. The molecule has 0 spiro atoms. The van der Waals surface area contributed by atoms with Crippen LogP contribution >= 0.6 is 7.60 Å². The molecule has 0 bridgehead atoms. The molecule has 0 saturated heterocycles. The Morgan fingerprint density at radius 3 is 1.91 bits per heavy atom. The van der Waals surface area contributed by atoms with Crippen LogP contribution in [0.5, 0.6) is 0 Å². The van der Waals surface area contributed by atoms with Crippen molar-refractivity contribution in [1.29, 1.82) is 0 Å². The van der Waals surface area contributed by atoms with Crippen molar-refractivity contribution in [2.75, 3.05) is 31.9 Å². The molecule has 0 aromatic carbocycles. The van der Waals surface area contributed by atoms with Gasteiger partial charge in [-0.15, -0.1) is 0 Å². The molecule has 0 amide bonds. The van der Waals surface area contributed by atoms with Crippen molar-refractivity contribution >= 4 is 30.3 Å². The van der Waals surface area contributed by atoms with E-state index in [1.807, 2.05) is 0 Å². The van der Waals surface area contributed by atoms with Crippen molar-refractivity contribution in [3.8, 4) is 0 Å². The zero-order valence-electron chi connectivity index (χ0n) is 13.9. The number of ether oxygens (including phenoxy) is 2. The maximum Gasteiger partial charge on any atom is 0.343 e. The summed E-state index contributed by atoms with van der Waals surface area (Å²) in [4.78, 5) is 23.5. The molecular formula is C13H25O8PS. The Balaban J connectivity index is 5.13. The molecule has 0 aliphatic heterocycles. The quantitative estimate of drug-likeness (QED) is 0.377. The van der Waals surface area contributed by atoms with Crippen molar-refractivity contribution in [3.63, 3.8) is 0 Å². The lowest BCUT2D eigenvalue weighted by atomic mass is 10.3. The molecule has 2 atom stereocenters. The molecular weight excluding hydrogens is 347 g/mol. The summed E-state index contributed by atoms with van der Waals surface area (Å²) < 4.78 is 44.5. The largest absolute Gasteiger partial charge is 0.466 e. The van der Waals surface area contributed by atoms with Gasteiger partial charge in [0.1, 0.15) is 10.7 Å². The number of rotatable bonds is 12. The van der Waals surface area contributed by atoms with Gasteiger partial charge in [0, 0.05) is 10.8 Å². The lowest BCUT2D eigenvalue weighted by molar-refractivity contribution is -0.149. The molecule has 0 heterocycles. The Bertz CT molecular complexity index is 443. The fourth-order valence-electron chi connectivity index (χ4n) is 1.64. The summed E-state index contributed by atoms with van der Waals surface area (Å²) in [6, 6.07) is 0.